The molecule has 4 heteroatoms. The quantitative estimate of drug-likeness (QED) is 0.863. The van der Waals surface area contributed by atoms with Crippen LogP contribution in [0.3, 0.4) is 0 Å². The molecule has 1 unspecified atom stereocenters. The molecule has 1 aromatic heterocycles. The van der Waals surface area contributed by atoms with Crippen LogP contribution in [0.5, 0.6) is 0 Å². The molecular weight excluding hydrogens is 214 g/mol. The molecule has 3 rings (SSSR count). The minimum Gasteiger partial charge on any atom is -0.361 e. The molecule has 17 heavy (non-hydrogen) atoms. The second kappa shape index (κ2) is 4.78. The van der Waals surface area contributed by atoms with Gasteiger partial charge in [0.15, 0.2) is 0 Å². The van der Waals surface area contributed by atoms with E-state index in [0.717, 1.165) is 37.0 Å². The molecule has 1 atom stereocenters. The van der Waals surface area contributed by atoms with Crippen molar-refractivity contribution >= 4 is 0 Å². The van der Waals surface area contributed by atoms with E-state index < -0.39 is 0 Å². The van der Waals surface area contributed by atoms with Crippen molar-refractivity contribution in [1.29, 1.82) is 0 Å². The van der Waals surface area contributed by atoms with Gasteiger partial charge in [-0.15, -0.1) is 0 Å². The van der Waals surface area contributed by atoms with Crippen molar-refractivity contribution in [1.82, 2.24) is 15.4 Å². The van der Waals surface area contributed by atoms with Gasteiger partial charge in [0, 0.05) is 25.2 Å². The zero-order valence-corrected chi connectivity index (χ0v) is 10.5. The molecule has 1 saturated heterocycles. The minimum absolute atomic E-state index is 0.700. The van der Waals surface area contributed by atoms with Crippen LogP contribution in [0.1, 0.15) is 30.7 Å². The Kier molecular flexibility index (Phi) is 3.16. The van der Waals surface area contributed by atoms with Crippen LogP contribution < -0.4 is 5.32 Å². The maximum absolute atomic E-state index is 5.13. The van der Waals surface area contributed by atoms with Crippen molar-refractivity contribution < 1.29 is 4.52 Å². The fourth-order valence-corrected chi connectivity index (χ4v) is 2.70. The molecule has 1 aromatic rings. The first-order valence-corrected chi connectivity index (χ1v) is 6.69. The fraction of sp³-hybridized carbons (Fsp3) is 0.769. The van der Waals surface area contributed by atoms with Gasteiger partial charge in [0.25, 0.3) is 0 Å². The zero-order valence-electron chi connectivity index (χ0n) is 10.5. The van der Waals surface area contributed by atoms with Crippen molar-refractivity contribution in [2.75, 3.05) is 19.6 Å². The molecule has 0 bridgehead atoms. The van der Waals surface area contributed by atoms with Crippen LogP contribution in [0.2, 0.25) is 0 Å². The second-order valence-electron chi connectivity index (χ2n) is 5.42. The summed E-state index contributed by atoms with van der Waals surface area (Å²) in [4.78, 5) is 2.51. The number of nitrogens with zero attached hydrogens (tertiary/aromatic N) is 2. The van der Waals surface area contributed by atoms with Crippen molar-refractivity contribution in [3.05, 3.63) is 17.5 Å². The van der Waals surface area contributed by atoms with Crippen molar-refractivity contribution in [2.24, 2.45) is 5.92 Å². The maximum Gasteiger partial charge on any atom is 0.133 e. The largest absolute Gasteiger partial charge is 0.361 e. The SMILES string of the molecule is Cc1cc(CN2CCCNC(C3CC3)C2)no1. The lowest BCUT2D eigenvalue weighted by Crippen LogP contribution is -2.39. The third-order valence-electron chi connectivity index (χ3n) is 3.77. The fourth-order valence-electron chi connectivity index (χ4n) is 2.70. The van der Waals surface area contributed by atoms with Gasteiger partial charge in [-0.3, -0.25) is 4.90 Å². The van der Waals surface area contributed by atoms with Gasteiger partial charge in [-0.25, -0.2) is 0 Å². The Labute approximate surface area is 102 Å². The highest BCUT2D eigenvalue weighted by molar-refractivity contribution is 5.03. The summed E-state index contributed by atoms with van der Waals surface area (Å²) < 4.78 is 5.13. The Morgan fingerprint density at radius 1 is 1.53 bits per heavy atom. The van der Waals surface area contributed by atoms with Crippen molar-refractivity contribution in [2.45, 2.75) is 38.8 Å². The summed E-state index contributed by atoms with van der Waals surface area (Å²) in [5.41, 5.74) is 1.07. The van der Waals surface area contributed by atoms with Gasteiger partial charge in [0.05, 0.1) is 5.69 Å². The number of rotatable bonds is 3. The Balaban J connectivity index is 1.60. The van der Waals surface area contributed by atoms with Gasteiger partial charge < -0.3 is 9.84 Å². The highest BCUT2D eigenvalue weighted by atomic mass is 16.5. The summed E-state index contributed by atoms with van der Waals surface area (Å²) in [6.45, 7) is 6.38. The van der Waals surface area contributed by atoms with Crippen LogP contribution in [0.4, 0.5) is 0 Å². The van der Waals surface area contributed by atoms with Crippen molar-refractivity contribution in [3.63, 3.8) is 0 Å². The van der Waals surface area contributed by atoms with Crippen molar-refractivity contribution in [3.8, 4) is 0 Å². The summed E-state index contributed by atoms with van der Waals surface area (Å²) in [6, 6.07) is 2.75. The molecule has 0 aromatic carbocycles. The van der Waals surface area contributed by atoms with E-state index in [0.29, 0.717) is 6.04 Å². The van der Waals surface area contributed by atoms with Gasteiger partial charge in [-0.05, 0) is 45.2 Å². The van der Waals surface area contributed by atoms with Gasteiger partial charge in [-0.2, -0.15) is 0 Å². The van der Waals surface area contributed by atoms with Crippen LogP contribution in [-0.4, -0.2) is 35.7 Å². The molecule has 94 valence electrons. The number of hydrogen-bond acceptors (Lipinski definition) is 4. The molecule has 1 aliphatic heterocycles. The molecule has 2 heterocycles. The summed E-state index contributed by atoms with van der Waals surface area (Å²) in [5.74, 6) is 1.83. The van der Waals surface area contributed by atoms with Crippen LogP contribution in [0.25, 0.3) is 0 Å². The van der Waals surface area contributed by atoms with E-state index in [1.165, 1.54) is 25.8 Å². The van der Waals surface area contributed by atoms with Crippen LogP contribution in [0, 0.1) is 12.8 Å². The summed E-state index contributed by atoms with van der Waals surface area (Å²) in [6.07, 6.45) is 4.06. The van der Waals surface area contributed by atoms with E-state index in [2.05, 4.69) is 15.4 Å². The first-order valence-electron chi connectivity index (χ1n) is 6.69. The van der Waals surface area contributed by atoms with Crippen LogP contribution in [-0.2, 0) is 6.54 Å². The lowest BCUT2D eigenvalue weighted by molar-refractivity contribution is 0.243. The third-order valence-corrected chi connectivity index (χ3v) is 3.77. The summed E-state index contributed by atoms with van der Waals surface area (Å²) in [7, 11) is 0. The second-order valence-corrected chi connectivity index (χ2v) is 5.42. The molecule has 1 saturated carbocycles. The average Bonchev–Trinajstić information content (AvgIpc) is 3.07. The van der Waals surface area contributed by atoms with Crippen LogP contribution in [0.15, 0.2) is 10.6 Å². The van der Waals surface area contributed by atoms with E-state index in [1.807, 2.05) is 13.0 Å². The number of hydrogen-bond donors (Lipinski definition) is 1. The third kappa shape index (κ3) is 2.87. The molecule has 1 aliphatic carbocycles. The maximum atomic E-state index is 5.13. The Bertz CT molecular complexity index is 372. The topological polar surface area (TPSA) is 41.3 Å². The molecule has 0 spiro atoms. The Hall–Kier alpha value is -0.870. The lowest BCUT2D eigenvalue weighted by atomic mass is 10.2. The molecule has 2 fully saturated rings. The monoisotopic (exact) mass is 235 g/mol. The smallest absolute Gasteiger partial charge is 0.133 e. The number of aryl methyl sites for hydroxylation is 1. The van der Waals surface area contributed by atoms with E-state index in [4.69, 9.17) is 4.52 Å². The van der Waals surface area contributed by atoms with Gasteiger partial charge in [-0.1, -0.05) is 5.16 Å². The van der Waals surface area contributed by atoms with Gasteiger partial charge in [0.2, 0.25) is 0 Å². The number of nitrogens with one attached hydrogen (secondary N) is 1. The average molecular weight is 235 g/mol. The first kappa shape index (κ1) is 11.2. The van der Waals surface area contributed by atoms with E-state index in [1.54, 1.807) is 0 Å². The van der Waals surface area contributed by atoms with E-state index >= 15 is 0 Å². The molecule has 0 radical (unpaired) electrons. The minimum atomic E-state index is 0.700. The Morgan fingerprint density at radius 2 is 2.41 bits per heavy atom. The first-order chi connectivity index (χ1) is 8.31. The number of aromatic nitrogens is 1. The summed E-state index contributed by atoms with van der Waals surface area (Å²) >= 11 is 0. The predicted molar refractivity (Wildman–Crippen MR) is 65.6 cm³/mol. The molecular formula is C13H21N3O. The molecule has 2 aliphatic rings. The highest BCUT2D eigenvalue weighted by Gasteiger charge is 2.33. The molecule has 1 N–H and O–H groups in total. The summed E-state index contributed by atoms with van der Waals surface area (Å²) in [5, 5.41) is 7.77. The normalized spacial score (nSPS) is 27.0. The lowest BCUT2D eigenvalue weighted by Gasteiger charge is -2.23. The van der Waals surface area contributed by atoms with Crippen LogP contribution >= 0.6 is 0 Å². The van der Waals surface area contributed by atoms with Gasteiger partial charge >= 0.3 is 0 Å². The molecule has 4 nitrogen and oxygen atoms in total. The van der Waals surface area contributed by atoms with Gasteiger partial charge in [0.1, 0.15) is 5.76 Å². The zero-order chi connectivity index (χ0) is 11.7. The molecule has 0 amide bonds. The van der Waals surface area contributed by atoms with E-state index in [9.17, 15) is 0 Å². The van der Waals surface area contributed by atoms with E-state index in [-0.39, 0.29) is 0 Å². The standard InChI is InChI=1S/C13H21N3O/c1-10-7-12(15-17-10)8-16-6-2-5-14-13(9-16)11-3-4-11/h7,11,13-14H,2-6,8-9H2,1H3. The Morgan fingerprint density at radius 3 is 3.12 bits per heavy atom. The highest BCUT2D eigenvalue weighted by Crippen LogP contribution is 2.33. The predicted octanol–water partition coefficient (Wildman–Crippen LogP) is 1.56.